The smallest absolute Gasteiger partial charge is 0.251 e. The number of aromatic nitrogens is 2. The molecule has 4 N–H and O–H groups in total. The van der Waals surface area contributed by atoms with Crippen molar-refractivity contribution in [2.75, 3.05) is 37.6 Å². The van der Waals surface area contributed by atoms with Crippen LogP contribution in [0.1, 0.15) is 30.1 Å². The van der Waals surface area contributed by atoms with E-state index in [4.69, 9.17) is 0 Å². The molecule has 2 aromatic rings. The molecule has 0 bridgehead atoms. The number of piperidine rings is 1. The number of benzene rings is 1. The van der Waals surface area contributed by atoms with E-state index in [0.717, 1.165) is 44.1 Å². The molecule has 0 radical (unpaired) electrons. The second-order valence-corrected chi connectivity index (χ2v) is 7.37. The predicted molar refractivity (Wildman–Crippen MR) is 133 cm³/mol. The molecule has 1 aliphatic heterocycles. The minimum absolute atomic E-state index is 0. The fraction of sp³-hybridized carbons (Fsp3) is 0.476. The number of aryl methyl sites for hydroxylation is 1. The number of phenols is 1. The van der Waals surface area contributed by atoms with Crippen LogP contribution < -0.4 is 20.9 Å². The Morgan fingerprint density at radius 3 is 2.74 bits per heavy atom. The third-order valence-electron chi connectivity index (χ3n) is 4.96. The zero-order valence-electron chi connectivity index (χ0n) is 18.0. The summed E-state index contributed by atoms with van der Waals surface area (Å²) < 4.78 is 1.82. The first-order chi connectivity index (χ1) is 14.5. The van der Waals surface area contributed by atoms with E-state index in [0.29, 0.717) is 24.7 Å². The average Bonchev–Trinajstić information content (AvgIpc) is 3.18. The Morgan fingerprint density at radius 2 is 2.06 bits per heavy atom. The number of carbonyl (C=O) groups is 1. The van der Waals surface area contributed by atoms with Crippen LogP contribution in [0.5, 0.6) is 5.75 Å². The van der Waals surface area contributed by atoms with Crippen molar-refractivity contribution in [3.63, 3.8) is 0 Å². The molecule has 1 atom stereocenters. The van der Waals surface area contributed by atoms with Crippen molar-refractivity contribution in [3.05, 3.63) is 42.2 Å². The number of rotatable bonds is 7. The van der Waals surface area contributed by atoms with Gasteiger partial charge in [0.2, 0.25) is 0 Å². The molecule has 0 aliphatic carbocycles. The maximum Gasteiger partial charge on any atom is 0.251 e. The molecule has 2 heterocycles. The molecule has 9 nitrogen and oxygen atoms in total. The summed E-state index contributed by atoms with van der Waals surface area (Å²) in [5.41, 5.74) is 1.65. The molecule has 1 amide bonds. The maximum atomic E-state index is 12.1. The van der Waals surface area contributed by atoms with Crippen molar-refractivity contribution in [2.45, 2.75) is 25.8 Å². The molecular weight excluding hydrogens is 509 g/mol. The van der Waals surface area contributed by atoms with Crippen LogP contribution in [0.2, 0.25) is 0 Å². The zero-order chi connectivity index (χ0) is 21.3. The minimum Gasteiger partial charge on any atom is -0.508 e. The van der Waals surface area contributed by atoms with Crippen molar-refractivity contribution in [3.8, 4) is 5.75 Å². The van der Waals surface area contributed by atoms with E-state index in [-0.39, 0.29) is 35.6 Å². The zero-order valence-corrected chi connectivity index (χ0v) is 20.4. The molecule has 1 fully saturated rings. The Labute approximate surface area is 200 Å². The number of guanidine groups is 1. The van der Waals surface area contributed by atoms with Gasteiger partial charge in [-0.1, -0.05) is 0 Å². The van der Waals surface area contributed by atoms with E-state index >= 15 is 0 Å². The first-order valence-electron chi connectivity index (χ1n) is 10.4. The molecule has 0 saturated carbocycles. The van der Waals surface area contributed by atoms with Crippen LogP contribution in [0.25, 0.3) is 0 Å². The van der Waals surface area contributed by atoms with Crippen LogP contribution in [-0.4, -0.2) is 65.5 Å². The van der Waals surface area contributed by atoms with Crippen LogP contribution in [0.4, 0.5) is 5.69 Å². The molecule has 0 spiro atoms. The van der Waals surface area contributed by atoms with Gasteiger partial charge < -0.3 is 26.0 Å². The summed E-state index contributed by atoms with van der Waals surface area (Å²) in [5.74, 6) is 0.722. The number of amides is 1. The van der Waals surface area contributed by atoms with Gasteiger partial charge in [0, 0.05) is 51.0 Å². The van der Waals surface area contributed by atoms with Crippen molar-refractivity contribution in [2.24, 2.45) is 12.0 Å². The number of anilines is 1. The molecule has 170 valence electrons. The highest BCUT2D eigenvalue weighted by Gasteiger charge is 2.21. The van der Waals surface area contributed by atoms with Gasteiger partial charge in [0.15, 0.2) is 5.96 Å². The second kappa shape index (κ2) is 12.4. The van der Waals surface area contributed by atoms with E-state index < -0.39 is 0 Å². The number of halogens is 1. The first-order valence-corrected chi connectivity index (χ1v) is 10.4. The van der Waals surface area contributed by atoms with Gasteiger partial charge in [-0.15, -0.1) is 24.0 Å². The number of aliphatic imine (C=N–C) groups is 1. The van der Waals surface area contributed by atoms with Crippen LogP contribution in [0.3, 0.4) is 0 Å². The highest BCUT2D eigenvalue weighted by molar-refractivity contribution is 14.0. The van der Waals surface area contributed by atoms with Gasteiger partial charge in [-0.3, -0.25) is 14.5 Å². The summed E-state index contributed by atoms with van der Waals surface area (Å²) in [6.45, 7) is 5.63. The average molecular weight is 541 g/mol. The van der Waals surface area contributed by atoms with Gasteiger partial charge in [-0.2, -0.15) is 5.10 Å². The van der Waals surface area contributed by atoms with Crippen LogP contribution in [0, 0.1) is 0 Å². The Balaban J connectivity index is 0.00000341. The summed E-state index contributed by atoms with van der Waals surface area (Å²) in [6, 6.07) is 6.48. The molecule has 1 aromatic heterocycles. The molecule has 1 saturated heterocycles. The fourth-order valence-corrected chi connectivity index (χ4v) is 3.47. The molecule has 10 heteroatoms. The Kier molecular flexibility index (Phi) is 9.89. The third kappa shape index (κ3) is 7.60. The van der Waals surface area contributed by atoms with Crippen LogP contribution in [-0.2, 0) is 7.05 Å². The highest BCUT2D eigenvalue weighted by Crippen LogP contribution is 2.18. The van der Waals surface area contributed by atoms with Gasteiger partial charge in [0.25, 0.3) is 5.91 Å². The lowest BCUT2D eigenvalue weighted by Gasteiger charge is -2.34. The molecule has 1 unspecified atom stereocenters. The summed E-state index contributed by atoms with van der Waals surface area (Å²) in [5, 5.41) is 23.2. The van der Waals surface area contributed by atoms with Crippen LogP contribution >= 0.6 is 24.0 Å². The van der Waals surface area contributed by atoms with Gasteiger partial charge in [-0.25, -0.2) is 0 Å². The van der Waals surface area contributed by atoms with Crippen LogP contribution in [0.15, 0.2) is 41.7 Å². The summed E-state index contributed by atoms with van der Waals surface area (Å²) in [7, 11) is 1.93. The lowest BCUT2D eigenvalue weighted by Crippen LogP contribution is -2.51. The number of aromatic hydroxyl groups is 1. The van der Waals surface area contributed by atoms with Gasteiger partial charge >= 0.3 is 0 Å². The van der Waals surface area contributed by atoms with E-state index in [1.54, 1.807) is 12.1 Å². The van der Waals surface area contributed by atoms with E-state index in [2.05, 4.69) is 30.9 Å². The molecule has 1 aliphatic rings. The van der Waals surface area contributed by atoms with E-state index in [9.17, 15) is 9.90 Å². The minimum atomic E-state index is -0.178. The van der Waals surface area contributed by atoms with E-state index in [1.807, 2.05) is 31.0 Å². The predicted octanol–water partition coefficient (Wildman–Crippen LogP) is 1.70. The summed E-state index contributed by atoms with van der Waals surface area (Å²) in [4.78, 5) is 19.1. The first kappa shape index (κ1) is 24.8. The molecule has 31 heavy (non-hydrogen) atoms. The SMILES string of the molecule is CCNC(=NCCNC(=O)c1ccc(O)cc1)NC1CCCN(c2cnn(C)c2)C1.I. The third-order valence-corrected chi connectivity index (χ3v) is 4.96. The fourth-order valence-electron chi connectivity index (χ4n) is 3.47. The van der Waals surface area contributed by atoms with E-state index in [1.165, 1.54) is 12.1 Å². The number of phenolic OH excluding ortho intramolecular Hbond substituents is 1. The Morgan fingerprint density at radius 1 is 1.29 bits per heavy atom. The number of nitrogens with zero attached hydrogens (tertiary/aromatic N) is 4. The van der Waals surface area contributed by atoms with Gasteiger partial charge in [0.05, 0.1) is 18.4 Å². The van der Waals surface area contributed by atoms with Crippen molar-refractivity contribution < 1.29 is 9.90 Å². The number of hydrogen-bond donors (Lipinski definition) is 4. The van der Waals surface area contributed by atoms with Crippen molar-refractivity contribution >= 4 is 41.5 Å². The second-order valence-electron chi connectivity index (χ2n) is 7.37. The Bertz CT molecular complexity index is 854. The number of hydrogen-bond acceptors (Lipinski definition) is 5. The lowest BCUT2D eigenvalue weighted by atomic mass is 10.1. The van der Waals surface area contributed by atoms with Gasteiger partial charge in [-0.05, 0) is 44.0 Å². The quantitative estimate of drug-likeness (QED) is 0.184. The summed E-state index contributed by atoms with van der Waals surface area (Å²) in [6.07, 6.45) is 6.13. The highest BCUT2D eigenvalue weighted by atomic mass is 127. The molecule has 3 rings (SSSR count). The summed E-state index contributed by atoms with van der Waals surface area (Å²) >= 11 is 0. The Hall–Kier alpha value is -2.50. The largest absolute Gasteiger partial charge is 0.508 e. The van der Waals surface area contributed by atoms with Gasteiger partial charge in [0.1, 0.15) is 5.75 Å². The standard InChI is InChI=1S/C21H31N7O2.HI/c1-3-22-21(24-11-10-23-20(30)16-6-8-19(29)9-7-16)26-17-5-4-12-28(14-17)18-13-25-27(2)15-18;/h6-9,13,15,17,29H,3-5,10-12,14H2,1-2H3,(H,23,30)(H2,22,24,26);1H. The monoisotopic (exact) mass is 541 g/mol. The van der Waals surface area contributed by atoms with Crippen molar-refractivity contribution in [1.29, 1.82) is 0 Å². The normalized spacial score (nSPS) is 16.4. The number of carbonyl (C=O) groups excluding carboxylic acids is 1. The lowest BCUT2D eigenvalue weighted by molar-refractivity contribution is 0.0955. The maximum absolute atomic E-state index is 12.1. The molecule has 1 aromatic carbocycles. The number of nitrogens with one attached hydrogen (secondary N) is 3. The topological polar surface area (TPSA) is 107 Å². The van der Waals surface area contributed by atoms with Crippen molar-refractivity contribution in [1.82, 2.24) is 25.7 Å². The molecular formula is C21H32IN7O2.